The normalized spacial score (nSPS) is 11.4. The third kappa shape index (κ3) is 4.54. The van der Waals surface area contributed by atoms with Gasteiger partial charge in [0.05, 0.1) is 10.6 Å². The number of carbonyl (C=O) groups is 3. The molecule has 1 atom stereocenters. The van der Waals surface area contributed by atoms with E-state index in [1.807, 2.05) is 5.32 Å². The van der Waals surface area contributed by atoms with Crippen LogP contribution in [0.4, 0.5) is 13.6 Å². The molecule has 0 spiro atoms. The summed E-state index contributed by atoms with van der Waals surface area (Å²) in [4.78, 5) is 35.9. The van der Waals surface area contributed by atoms with Crippen LogP contribution in [-0.4, -0.2) is 25.0 Å². The topological polar surface area (TPSA) is 84.5 Å². The van der Waals surface area contributed by atoms with Gasteiger partial charge in [0.2, 0.25) is 6.10 Å². The first kappa shape index (κ1) is 19.3. The molecule has 9 heteroatoms. The fourth-order valence-electron chi connectivity index (χ4n) is 1.99. The summed E-state index contributed by atoms with van der Waals surface area (Å²) in [5, 5.41) is 3.79. The zero-order valence-electron chi connectivity index (χ0n) is 13.4. The Morgan fingerprint density at radius 3 is 2.31 bits per heavy atom. The van der Waals surface area contributed by atoms with E-state index < -0.39 is 41.2 Å². The number of rotatable bonds is 4. The summed E-state index contributed by atoms with van der Waals surface area (Å²) < 4.78 is 31.6. The number of hydrogen-bond acceptors (Lipinski definition) is 4. The van der Waals surface area contributed by atoms with Crippen molar-refractivity contribution in [2.45, 2.75) is 6.10 Å². The number of nitrogens with one attached hydrogen (secondary N) is 2. The van der Waals surface area contributed by atoms with Crippen molar-refractivity contribution in [2.75, 3.05) is 7.05 Å². The van der Waals surface area contributed by atoms with E-state index >= 15 is 0 Å². The molecule has 2 aromatic carbocycles. The van der Waals surface area contributed by atoms with Crippen LogP contribution in [-0.2, 0) is 9.53 Å². The summed E-state index contributed by atoms with van der Waals surface area (Å²) >= 11 is 5.74. The lowest BCUT2D eigenvalue weighted by Gasteiger charge is -2.18. The Labute approximate surface area is 152 Å². The number of imide groups is 1. The number of hydrogen-bond donors (Lipinski definition) is 2. The second-order valence-electron chi connectivity index (χ2n) is 5.01. The average Bonchev–Trinajstić information content (AvgIpc) is 2.62. The van der Waals surface area contributed by atoms with E-state index in [-0.39, 0.29) is 10.6 Å². The van der Waals surface area contributed by atoms with E-state index in [0.29, 0.717) is 12.1 Å². The van der Waals surface area contributed by atoms with Crippen LogP contribution in [0.5, 0.6) is 0 Å². The summed E-state index contributed by atoms with van der Waals surface area (Å²) in [6.45, 7) is 0. The van der Waals surface area contributed by atoms with Crippen molar-refractivity contribution in [3.8, 4) is 0 Å². The number of benzene rings is 2. The van der Waals surface area contributed by atoms with Crippen LogP contribution in [0.2, 0.25) is 5.02 Å². The van der Waals surface area contributed by atoms with Gasteiger partial charge in [-0.3, -0.25) is 10.1 Å². The first-order valence-corrected chi connectivity index (χ1v) is 7.64. The quantitative estimate of drug-likeness (QED) is 0.629. The van der Waals surface area contributed by atoms with Gasteiger partial charge in [-0.1, -0.05) is 41.9 Å². The van der Waals surface area contributed by atoms with Crippen LogP contribution < -0.4 is 10.6 Å². The molecule has 2 N–H and O–H groups in total. The Morgan fingerprint density at radius 2 is 1.69 bits per heavy atom. The molecule has 0 aliphatic carbocycles. The fraction of sp³-hybridized carbons (Fsp3) is 0.118. The van der Waals surface area contributed by atoms with Gasteiger partial charge >= 0.3 is 12.0 Å². The molecule has 0 saturated carbocycles. The zero-order valence-corrected chi connectivity index (χ0v) is 14.1. The Hall–Kier alpha value is -3.00. The molecule has 2 rings (SSSR count). The van der Waals surface area contributed by atoms with Crippen LogP contribution in [0, 0.1) is 11.6 Å². The SMILES string of the molecule is CNC(=O)NC(=O)[C@H](OC(=O)c1cc(F)c(F)cc1Cl)c1ccccc1. The van der Waals surface area contributed by atoms with Gasteiger partial charge in [-0.15, -0.1) is 0 Å². The molecule has 2 aromatic rings. The third-order valence-electron chi connectivity index (χ3n) is 3.26. The number of urea groups is 1. The molecule has 3 amide bonds. The van der Waals surface area contributed by atoms with E-state index in [1.54, 1.807) is 18.2 Å². The van der Waals surface area contributed by atoms with Crippen LogP contribution in [0.1, 0.15) is 22.0 Å². The maximum absolute atomic E-state index is 13.4. The number of carbonyl (C=O) groups excluding carboxylic acids is 3. The molecular formula is C17H13ClF2N2O4. The molecule has 0 radical (unpaired) electrons. The van der Waals surface area contributed by atoms with Crippen molar-refractivity contribution in [1.82, 2.24) is 10.6 Å². The summed E-state index contributed by atoms with van der Waals surface area (Å²) in [7, 11) is 1.30. The first-order chi connectivity index (χ1) is 12.3. The van der Waals surface area contributed by atoms with Crippen LogP contribution in [0.25, 0.3) is 0 Å². The van der Waals surface area contributed by atoms with Gasteiger partial charge in [-0.25, -0.2) is 18.4 Å². The van der Waals surface area contributed by atoms with Crippen LogP contribution in [0.3, 0.4) is 0 Å². The molecule has 136 valence electrons. The molecule has 0 heterocycles. The van der Waals surface area contributed by atoms with E-state index in [9.17, 15) is 23.2 Å². The van der Waals surface area contributed by atoms with Crippen LogP contribution in [0.15, 0.2) is 42.5 Å². The van der Waals surface area contributed by atoms with Crippen molar-refractivity contribution < 1.29 is 27.9 Å². The Bertz CT molecular complexity index is 846. The van der Waals surface area contributed by atoms with Gasteiger partial charge in [-0.05, 0) is 12.1 Å². The summed E-state index contributed by atoms with van der Waals surface area (Å²) in [5.74, 6) is -4.62. The highest BCUT2D eigenvalue weighted by molar-refractivity contribution is 6.33. The molecule has 0 aliphatic rings. The van der Waals surface area contributed by atoms with Gasteiger partial charge in [0.15, 0.2) is 11.6 Å². The van der Waals surface area contributed by atoms with E-state index in [1.165, 1.54) is 19.2 Å². The molecule has 0 unspecified atom stereocenters. The molecule has 0 bridgehead atoms. The Balaban J connectivity index is 2.32. The number of esters is 1. The highest BCUT2D eigenvalue weighted by Crippen LogP contribution is 2.24. The Morgan fingerprint density at radius 1 is 1.08 bits per heavy atom. The number of halogens is 3. The predicted molar refractivity (Wildman–Crippen MR) is 88.6 cm³/mol. The zero-order chi connectivity index (χ0) is 19.3. The highest BCUT2D eigenvalue weighted by atomic mass is 35.5. The maximum Gasteiger partial charge on any atom is 0.340 e. The molecule has 0 saturated heterocycles. The molecule has 6 nitrogen and oxygen atoms in total. The number of amides is 3. The largest absolute Gasteiger partial charge is 0.444 e. The van der Waals surface area contributed by atoms with Gasteiger partial charge < -0.3 is 10.1 Å². The minimum Gasteiger partial charge on any atom is -0.444 e. The minimum absolute atomic E-state index is 0.265. The Kier molecular flexibility index (Phi) is 6.24. The lowest BCUT2D eigenvalue weighted by Crippen LogP contribution is -2.41. The second kappa shape index (κ2) is 8.39. The summed E-state index contributed by atoms with van der Waals surface area (Å²) in [6, 6.07) is 8.22. The lowest BCUT2D eigenvalue weighted by molar-refractivity contribution is -0.129. The van der Waals surface area contributed by atoms with Crippen molar-refractivity contribution in [3.05, 3.63) is 70.2 Å². The van der Waals surface area contributed by atoms with Crippen molar-refractivity contribution in [3.63, 3.8) is 0 Å². The van der Waals surface area contributed by atoms with Gasteiger partial charge in [0.25, 0.3) is 5.91 Å². The lowest BCUT2D eigenvalue weighted by atomic mass is 10.1. The highest BCUT2D eigenvalue weighted by Gasteiger charge is 2.28. The summed E-state index contributed by atoms with van der Waals surface area (Å²) in [6.07, 6.45) is -1.51. The molecule has 0 fully saturated rings. The molecular weight excluding hydrogens is 370 g/mol. The minimum atomic E-state index is -1.51. The third-order valence-corrected chi connectivity index (χ3v) is 3.57. The van der Waals surface area contributed by atoms with Gasteiger partial charge in [-0.2, -0.15) is 0 Å². The standard InChI is InChI=1S/C17H13ClF2N2O4/c1-21-17(25)22-15(23)14(9-5-3-2-4-6-9)26-16(24)10-7-12(19)13(20)8-11(10)18/h2-8,14H,1H3,(H2,21,22,23,25)/t14-/m1/s1. The van der Waals surface area contributed by atoms with Gasteiger partial charge in [0.1, 0.15) is 0 Å². The molecule has 0 aliphatic heterocycles. The molecule has 26 heavy (non-hydrogen) atoms. The summed E-state index contributed by atoms with van der Waals surface area (Å²) in [5.41, 5.74) is -0.194. The smallest absolute Gasteiger partial charge is 0.340 e. The second-order valence-corrected chi connectivity index (χ2v) is 5.42. The van der Waals surface area contributed by atoms with E-state index in [2.05, 4.69) is 5.32 Å². The number of ether oxygens (including phenoxy) is 1. The van der Waals surface area contributed by atoms with Crippen LogP contribution >= 0.6 is 11.6 Å². The molecule has 0 aromatic heterocycles. The monoisotopic (exact) mass is 382 g/mol. The van der Waals surface area contributed by atoms with E-state index in [4.69, 9.17) is 16.3 Å². The average molecular weight is 383 g/mol. The van der Waals surface area contributed by atoms with Gasteiger partial charge in [0, 0.05) is 12.6 Å². The first-order valence-electron chi connectivity index (χ1n) is 7.26. The maximum atomic E-state index is 13.4. The fourth-order valence-corrected chi connectivity index (χ4v) is 2.22. The van der Waals surface area contributed by atoms with E-state index in [0.717, 1.165) is 0 Å². The van der Waals surface area contributed by atoms with Crippen molar-refractivity contribution in [2.24, 2.45) is 0 Å². The predicted octanol–water partition coefficient (Wildman–Crippen LogP) is 2.97. The van der Waals surface area contributed by atoms with Crippen molar-refractivity contribution in [1.29, 1.82) is 0 Å². The van der Waals surface area contributed by atoms with Crippen molar-refractivity contribution >= 4 is 29.5 Å².